The van der Waals surface area contributed by atoms with Crippen molar-refractivity contribution in [1.82, 2.24) is 20.1 Å². The number of methoxy groups -OCH3 is 1. The van der Waals surface area contributed by atoms with Crippen LogP contribution in [0.25, 0.3) is 16.0 Å². The van der Waals surface area contributed by atoms with Crippen molar-refractivity contribution in [3.63, 3.8) is 0 Å². The fourth-order valence-corrected chi connectivity index (χ4v) is 5.39. The molecule has 0 aliphatic carbocycles. The Morgan fingerprint density at radius 3 is 2.65 bits per heavy atom. The number of hydrogen-bond donors (Lipinski definition) is 1. The number of ether oxygens (including phenoxy) is 1. The Labute approximate surface area is 203 Å². The van der Waals surface area contributed by atoms with Crippen molar-refractivity contribution in [1.29, 1.82) is 0 Å². The summed E-state index contributed by atoms with van der Waals surface area (Å²) in [6, 6.07) is 16.1. The first-order chi connectivity index (χ1) is 16.5. The minimum absolute atomic E-state index is 0.0367. The van der Waals surface area contributed by atoms with Gasteiger partial charge in [-0.15, -0.1) is 0 Å². The highest BCUT2D eigenvalue weighted by Gasteiger charge is 2.28. The SMILES string of the molecule is COc1ccc(-n2nc(C)c3sc(N4CCCC(C(=O)NCc5ccc(C)cc5)C4)nc32)cc1. The quantitative estimate of drug-likeness (QED) is 0.440. The molecule has 0 bridgehead atoms. The number of hydrogen-bond acceptors (Lipinski definition) is 6. The van der Waals surface area contributed by atoms with Crippen molar-refractivity contribution >= 4 is 32.7 Å². The van der Waals surface area contributed by atoms with Crippen molar-refractivity contribution in [3.05, 3.63) is 65.4 Å². The lowest BCUT2D eigenvalue weighted by molar-refractivity contribution is -0.125. The molecule has 0 radical (unpaired) electrons. The number of aryl methyl sites for hydroxylation is 2. The van der Waals surface area contributed by atoms with Crippen LogP contribution < -0.4 is 15.0 Å². The maximum atomic E-state index is 12.9. The zero-order valence-electron chi connectivity index (χ0n) is 19.7. The Hall–Kier alpha value is -3.39. The van der Waals surface area contributed by atoms with E-state index >= 15 is 0 Å². The van der Waals surface area contributed by atoms with E-state index in [1.54, 1.807) is 18.4 Å². The van der Waals surface area contributed by atoms with Gasteiger partial charge in [-0.1, -0.05) is 41.2 Å². The topological polar surface area (TPSA) is 72.3 Å². The van der Waals surface area contributed by atoms with Crippen LogP contribution in [0.2, 0.25) is 0 Å². The lowest BCUT2D eigenvalue weighted by Crippen LogP contribution is -2.43. The Morgan fingerprint density at radius 2 is 1.91 bits per heavy atom. The second kappa shape index (κ2) is 9.46. The van der Waals surface area contributed by atoms with Gasteiger partial charge >= 0.3 is 0 Å². The van der Waals surface area contributed by atoms with E-state index in [-0.39, 0.29) is 11.8 Å². The number of aromatic nitrogens is 3. The molecular formula is C26H29N5O2S. The molecule has 1 N–H and O–H groups in total. The predicted molar refractivity (Wildman–Crippen MR) is 136 cm³/mol. The van der Waals surface area contributed by atoms with Crippen molar-refractivity contribution in [2.45, 2.75) is 33.2 Å². The van der Waals surface area contributed by atoms with Crippen LogP contribution in [0.15, 0.2) is 48.5 Å². The first kappa shape index (κ1) is 22.4. The van der Waals surface area contributed by atoms with Crippen LogP contribution >= 0.6 is 11.3 Å². The molecule has 1 aliphatic rings. The predicted octanol–water partition coefficient (Wildman–Crippen LogP) is 4.64. The summed E-state index contributed by atoms with van der Waals surface area (Å²) in [5, 5.41) is 8.78. The normalized spacial score (nSPS) is 16.1. The number of benzene rings is 2. The van der Waals surface area contributed by atoms with Gasteiger partial charge in [-0.2, -0.15) is 10.1 Å². The van der Waals surface area contributed by atoms with E-state index in [9.17, 15) is 4.79 Å². The molecule has 0 spiro atoms. The van der Waals surface area contributed by atoms with E-state index < -0.39 is 0 Å². The van der Waals surface area contributed by atoms with Gasteiger partial charge < -0.3 is 15.0 Å². The van der Waals surface area contributed by atoms with Gasteiger partial charge in [0.05, 0.1) is 29.1 Å². The Morgan fingerprint density at radius 1 is 1.15 bits per heavy atom. The zero-order valence-corrected chi connectivity index (χ0v) is 20.6. The monoisotopic (exact) mass is 475 g/mol. The third-order valence-corrected chi connectivity index (χ3v) is 7.56. The molecule has 1 atom stereocenters. The van der Waals surface area contributed by atoms with E-state index in [1.807, 2.05) is 35.9 Å². The highest BCUT2D eigenvalue weighted by atomic mass is 32.1. The van der Waals surface area contributed by atoms with Gasteiger partial charge in [0.15, 0.2) is 10.8 Å². The fraction of sp³-hybridized carbons (Fsp3) is 0.346. The fourth-order valence-electron chi connectivity index (χ4n) is 4.37. The van der Waals surface area contributed by atoms with Gasteiger partial charge in [0.2, 0.25) is 5.91 Å². The Bertz CT molecular complexity index is 1290. The third-order valence-electron chi connectivity index (χ3n) is 6.34. The number of nitrogens with one attached hydrogen (secondary N) is 1. The van der Waals surface area contributed by atoms with Crippen molar-refractivity contribution in [3.8, 4) is 11.4 Å². The Kier molecular flexibility index (Phi) is 6.24. The smallest absolute Gasteiger partial charge is 0.225 e. The average Bonchev–Trinajstić information content (AvgIpc) is 3.44. The first-order valence-corrected chi connectivity index (χ1v) is 12.4. The summed E-state index contributed by atoms with van der Waals surface area (Å²) in [4.78, 5) is 20.1. The van der Waals surface area contributed by atoms with Crippen LogP contribution in [0.4, 0.5) is 5.13 Å². The lowest BCUT2D eigenvalue weighted by Gasteiger charge is -2.31. The zero-order chi connectivity index (χ0) is 23.7. The van der Waals surface area contributed by atoms with E-state index in [2.05, 4.69) is 41.4 Å². The molecule has 0 saturated carbocycles. The summed E-state index contributed by atoms with van der Waals surface area (Å²) in [5.41, 5.74) is 5.10. The molecule has 176 valence electrons. The molecule has 2 aromatic heterocycles. The second-order valence-electron chi connectivity index (χ2n) is 8.83. The number of amides is 1. The van der Waals surface area contributed by atoms with Crippen molar-refractivity contribution < 1.29 is 9.53 Å². The van der Waals surface area contributed by atoms with Crippen LogP contribution in [0.1, 0.15) is 29.7 Å². The summed E-state index contributed by atoms with van der Waals surface area (Å²) < 4.78 is 8.24. The summed E-state index contributed by atoms with van der Waals surface area (Å²) in [6.45, 7) is 6.24. The van der Waals surface area contributed by atoms with Crippen LogP contribution in [0, 0.1) is 19.8 Å². The molecule has 4 aromatic rings. The number of fused-ring (bicyclic) bond motifs is 1. The number of carbonyl (C=O) groups is 1. The molecular weight excluding hydrogens is 446 g/mol. The van der Waals surface area contributed by atoms with Gasteiger partial charge in [-0.25, -0.2) is 4.68 Å². The van der Waals surface area contributed by atoms with Crippen molar-refractivity contribution in [2.75, 3.05) is 25.1 Å². The van der Waals surface area contributed by atoms with E-state index in [0.29, 0.717) is 13.1 Å². The third kappa shape index (κ3) is 4.50. The maximum absolute atomic E-state index is 12.9. The maximum Gasteiger partial charge on any atom is 0.225 e. The minimum Gasteiger partial charge on any atom is -0.497 e. The molecule has 1 amide bonds. The first-order valence-electron chi connectivity index (χ1n) is 11.6. The van der Waals surface area contributed by atoms with Gasteiger partial charge in [-0.3, -0.25) is 4.79 Å². The summed E-state index contributed by atoms with van der Waals surface area (Å²) in [5.74, 6) is 0.889. The van der Waals surface area contributed by atoms with E-state index in [0.717, 1.165) is 57.6 Å². The highest BCUT2D eigenvalue weighted by molar-refractivity contribution is 7.22. The molecule has 2 aromatic carbocycles. The Balaban J connectivity index is 1.31. The molecule has 5 rings (SSSR count). The average molecular weight is 476 g/mol. The van der Waals surface area contributed by atoms with Gasteiger partial charge in [-0.05, 0) is 56.5 Å². The number of thiazole rings is 1. The summed E-state index contributed by atoms with van der Waals surface area (Å²) in [6.07, 6.45) is 1.88. The van der Waals surface area contributed by atoms with Gasteiger partial charge in [0.1, 0.15) is 5.75 Å². The molecule has 1 fully saturated rings. The number of anilines is 1. The second-order valence-corrected chi connectivity index (χ2v) is 9.81. The van der Waals surface area contributed by atoms with E-state index in [1.165, 1.54) is 5.56 Å². The molecule has 7 nitrogen and oxygen atoms in total. The summed E-state index contributed by atoms with van der Waals surface area (Å²) in [7, 11) is 1.66. The number of rotatable bonds is 6. The lowest BCUT2D eigenvalue weighted by atomic mass is 9.97. The van der Waals surface area contributed by atoms with Crippen LogP contribution in [0.3, 0.4) is 0 Å². The largest absolute Gasteiger partial charge is 0.497 e. The molecule has 8 heteroatoms. The minimum atomic E-state index is -0.0367. The molecule has 1 unspecified atom stereocenters. The standard InChI is InChI=1S/C26H29N5O2S/c1-17-6-8-19(9-7-17)15-27-25(32)20-5-4-14-30(16-20)26-28-24-23(34-26)18(2)29-31(24)21-10-12-22(33-3)13-11-21/h6-13,20H,4-5,14-16H2,1-3H3,(H,27,32). The van der Waals surface area contributed by atoms with Crippen LogP contribution in [-0.4, -0.2) is 40.9 Å². The van der Waals surface area contributed by atoms with Gasteiger partial charge in [0, 0.05) is 19.6 Å². The number of carbonyl (C=O) groups excluding carboxylic acids is 1. The number of nitrogens with zero attached hydrogens (tertiary/aromatic N) is 4. The summed E-state index contributed by atoms with van der Waals surface area (Å²) >= 11 is 1.65. The van der Waals surface area contributed by atoms with Gasteiger partial charge in [0.25, 0.3) is 0 Å². The number of piperidine rings is 1. The molecule has 1 aliphatic heterocycles. The van der Waals surface area contributed by atoms with Crippen LogP contribution in [-0.2, 0) is 11.3 Å². The van der Waals surface area contributed by atoms with Crippen molar-refractivity contribution in [2.24, 2.45) is 5.92 Å². The van der Waals surface area contributed by atoms with Crippen LogP contribution in [0.5, 0.6) is 5.75 Å². The highest BCUT2D eigenvalue weighted by Crippen LogP contribution is 2.34. The van der Waals surface area contributed by atoms with E-state index in [4.69, 9.17) is 14.8 Å². The molecule has 1 saturated heterocycles. The molecule has 34 heavy (non-hydrogen) atoms. The molecule has 3 heterocycles.